The molecular weight excluding hydrogens is 236 g/mol. The molecule has 0 saturated carbocycles. The van der Waals surface area contributed by atoms with Gasteiger partial charge in [0, 0.05) is 5.69 Å². The number of thiophene rings is 1. The van der Waals surface area contributed by atoms with Gasteiger partial charge in [-0.25, -0.2) is 0 Å². The Morgan fingerprint density at radius 2 is 2.24 bits per heavy atom. The third-order valence-electron chi connectivity index (χ3n) is 2.23. The van der Waals surface area contributed by atoms with Crippen LogP contribution in [0, 0.1) is 0 Å². The molecule has 5 heteroatoms. The molecule has 4 nitrogen and oxygen atoms in total. The van der Waals surface area contributed by atoms with Gasteiger partial charge in [-0.3, -0.25) is 4.79 Å². The van der Waals surface area contributed by atoms with Gasteiger partial charge >= 0.3 is 0 Å². The summed E-state index contributed by atoms with van der Waals surface area (Å²) < 4.78 is 5.04. The van der Waals surface area contributed by atoms with E-state index in [1.165, 1.54) is 11.3 Å². The molecule has 2 aromatic rings. The highest BCUT2D eigenvalue weighted by molar-refractivity contribution is 7.12. The first-order valence-corrected chi connectivity index (χ1v) is 5.87. The van der Waals surface area contributed by atoms with Crippen LogP contribution in [0.4, 0.5) is 11.4 Å². The maximum Gasteiger partial charge on any atom is 0.265 e. The number of ether oxygens (including phenoxy) is 1. The van der Waals surface area contributed by atoms with Gasteiger partial charge in [-0.2, -0.15) is 0 Å². The Morgan fingerprint density at radius 3 is 2.82 bits per heavy atom. The summed E-state index contributed by atoms with van der Waals surface area (Å²) >= 11 is 1.39. The molecule has 0 bridgehead atoms. The van der Waals surface area contributed by atoms with Crippen molar-refractivity contribution in [1.29, 1.82) is 0 Å². The number of nitrogens with one attached hydrogen (secondary N) is 1. The molecule has 1 heterocycles. The largest absolute Gasteiger partial charge is 0.495 e. The van der Waals surface area contributed by atoms with E-state index in [0.717, 1.165) is 0 Å². The first-order chi connectivity index (χ1) is 8.20. The summed E-state index contributed by atoms with van der Waals surface area (Å²) in [7, 11) is 1.55. The van der Waals surface area contributed by atoms with Gasteiger partial charge in [-0.05, 0) is 29.6 Å². The van der Waals surface area contributed by atoms with E-state index in [-0.39, 0.29) is 5.91 Å². The molecule has 0 aliphatic heterocycles. The number of hydrogen-bond acceptors (Lipinski definition) is 4. The van der Waals surface area contributed by atoms with Gasteiger partial charge in [0.25, 0.3) is 5.91 Å². The van der Waals surface area contributed by atoms with Gasteiger partial charge in [-0.15, -0.1) is 11.3 Å². The molecule has 1 aromatic heterocycles. The molecule has 3 N–H and O–H groups in total. The lowest BCUT2D eigenvalue weighted by molar-refractivity contribution is 0.103. The van der Waals surface area contributed by atoms with Crippen molar-refractivity contribution in [2.24, 2.45) is 0 Å². The van der Waals surface area contributed by atoms with Crippen molar-refractivity contribution in [2.75, 3.05) is 18.2 Å². The highest BCUT2D eigenvalue weighted by atomic mass is 32.1. The summed E-state index contributed by atoms with van der Waals surface area (Å²) in [6.07, 6.45) is 0. The monoisotopic (exact) mass is 248 g/mol. The zero-order chi connectivity index (χ0) is 12.3. The molecule has 0 spiro atoms. The summed E-state index contributed by atoms with van der Waals surface area (Å²) in [6, 6.07) is 8.75. The molecule has 0 fully saturated rings. The van der Waals surface area contributed by atoms with Gasteiger partial charge in [0.2, 0.25) is 0 Å². The minimum absolute atomic E-state index is 0.135. The van der Waals surface area contributed by atoms with Crippen LogP contribution in [0.2, 0.25) is 0 Å². The normalized spacial score (nSPS) is 9.94. The Bertz CT molecular complexity index is 523. The maximum absolute atomic E-state index is 11.8. The number of amides is 1. The van der Waals surface area contributed by atoms with Crippen LogP contribution in [0.15, 0.2) is 35.7 Å². The number of rotatable bonds is 3. The van der Waals surface area contributed by atoms with E-state index in [1.807, 2.05) is 11.4 Å². The van der Waals surface area contributed by atoms with Crippen molar-refractivity contribution in [3.8, 4) is 5.75 Å². The quantitative estimate of drug-likeness (QED) is 0.820. The highest BCUT2D eigenvalue weighted by Crippen LogP contribution is 2.25. The van der Waals surface area contributed by atoms with Gasteiger partial charge in [0.15, 0.2) is 0 Å². The van der Waals surface area contributed by atoms with Gasteiger partial charge in [-0.1, -0.05) is 6.07 Å². The van der Waals surface area contributed by atoms with Crippen LogP contribution in [0.25, 0.3) is 0 Å². The van der Waals surface area contributed by atoms with Crippen molar-refractivity contribution in [2.45, 2.75) is 0 Å². The number of anilines is 2. The highest BCUT2D eigenvalue weighted by Gasteiger charge is 2.07. The number of benzene rings is 1. The predicted molar refractivity (Wildman–Crippen MR) is 69.7 cm³/mol. The first kappa shape index (κ1) is 11.5. The van der Waals surface area contributed by atoms with Crippen molar-refractivity contribution in [3.63, 3.8) is 0 Å². The lowest BCUT2D eigenvalue weighted by atomic mass is 10.2. The molecule has 2 rings (SSSR count). The van der Waals surface area contributed by atoms with Crippen molar-refractivity contribution < 1.29 is 9.53 Å². The average Bonchev–Trinajstić information content (AvgIpc) is 2.82. The first-order valence-electron chi connectivity index (χ1n) is 4.99. The molecule has 0 saturated heterocycles. The van der Waals surface area contributed by atoms with Crippen molar-refractivity contribution in [3.05, 3.63) is 40.6 Å². The van der Waals surface area contributed by atoms with Crippen molar-refractivity contribution in [1.82, 2.24) is 0 Å². The van der Waals surface area contributed by atoms with E-state index in [4.69, 9.17) is 10.5 Å². The number of hydrogen-bond donors (Lipinski definition) is 2. The second kappa shape index (κ2) is 4.88. The van der Waals surface area contributed by atoms with Crippen LogP contribution in [0.5, 0.6) is 5.75 Å². The van der Waals surface area contributed by atoms with Crippen LogP contribution in [-0.2, 0) is 0 Å². The lowest BCUT2D eigenvalue weighted by Gasteiger charge is -2.07. The van der Waals surface area contributed by atoms with Crippen LogP contribution in [0.1, 0.15) is 9.67 Å². The summed E-state index contributed by atoms with van der Waals surface area (Å²) in [6.45, 7) is 0. The maximum atomic E-state index is 11.8. The SMILES string of the molecule is COc1ccc(NC(=O)c2cccs2)cc1N. The summed E-state index contributed by atoms with van der Waals surface area (Å²) in [5, 5.41) is 4.63. The van der Waals surface area contributed by atoms with E-state index in [0.29, 0.717) is 22.0 Å². The average molecular weight is 248 g/mol. The lowest BCUT2D eigenvalue weighted by Crippen LogP contribution is -2.10. The Kier molecular flexibility index (Phi) is 3.30. The molecule has 0 aliphatic carbocycles. The molecule has 17 heavy (non-hydrogen) atoms. The summed E-state index contributed by atoms with van der Waals surface area (Å²) in [4.78, 5) is 12.4. The minimum Gasteiger partial charge on any atom is -0.495 e. The second-order valence-electron chi connectivity index (χ2n) is 3.39. The smallest absolute Gasteiger partial charge is 0.265 e. The van der Waals surface area contributed by atoms with Gasteiger partial charge in [0.05, 0.1) is 17.7 Å². The predicted octanol–water partition coefficient (Wildman–Crippen LogP) is 2.59. The van der Waals surface area contributed by atoms with E-state index in [1.54, 1.807) is 31.4 Å². The van der Waals surface area contributed by atoms with Crippen molar-refractivity contribution >= 4 is 28.6 Å². The van der Waals surface area contributed by atoms with E-state index in [2.05, 4.69) is 5.32 Å². The molecule has 1 amide bonds. The van der Waals surface area contributed by atoms with Crippen LogP contribution in [0.3, 0.4) is 0 Å². The molecule has 1 aromatic carbocycles. The minimum atomic E-state index is -0.135. The molecule has 0 aliphatic rings. The number of carbonyl (C=O) groups excluding carboxylic acids is 1. The van der Waals surface area contributed by atoms with Gasteiger partial charge in [0.1, 0.15) is 5.75 Å². The molecule has 0 atom stereocenters. The number of methoxy groups -OCH3 is 1. The van der Waals surface area contributed by atoms with Crippen LogP contribution < -0.4 is 15.8 Å². The fourth-order valence-electron chi connectivity index (χ4n) is 1.41. The van der Waals surface area contributed by atoms with Gasteiger partial charge < -0.3 is 15.8 Å². The zero-order valence-corrected chi connectivity index (χ0v) is 10.1. The standard InChI is InChI=1S/C12H12N2O2S/c1-16-10-5-4-8(7-9(10)13)14-12(15)11-3-2-6-17-11/h2-7H,13H2,1H3,(H,14,15). The second-order valence-corrected chi connectivity index (χ2v) is 4.34. The zero-order valence-electron chi connectivity index (χ0n) is 9.27. The number of nitrogens with two attached hydrogens (primary N) is 1. The topological polar surface area (TPSA) is 64.3 Å². The fraction of sp³-hybridized carbons (Fsp3) is 0.0833. The number of carbonyl (C=O) groups is 1. The fourth-order valence-corrected chi connectivity index (χ4v) is 2.03. The summed E-state index contributed by atoms with van der Waals surface area (Å²) in [5.41, 5.74) is 6.90. The number of nitrogen functional groups attached to an aromatic ring is 1. The summed E-state index contributed by atoms with van der Waals surface area (Å²) in [5.74, 6) is 0.462. The van der Waals surface area contributed by atoms with Crippen LogP contribution in [-0.4, -0.2) is 13.0 Å². The third kappa shape index (κ3) is 2.57. The Balaban J connectivity index is 2.14. The Morgan fingerprint density at radius 1 is 1.41 bits per heavy atom. The van der Waals surface area contributed by atoms with Crippen LogP contribution >= 0.6 is 11.3 Å². The van der Waals surface area contributed by atoms with E-state index in [9.17, 15) is 4.79 Å². The third-order valence-corrected chi connectivity index (χ3v) is 3.10. The molecule has 0 radical (unpaired) electrons. The molecule has 0 unspecified atom stereocenters. The molecular formula is C12H12N2O2S. The molecule has 88 valence electrons. The Hall–Kier alpha value is -2.01. The van der Waals surface area contributed by atoms with E-state index < -0.39 is 0 Å². The Labute approximate surface area is 103 Å². The van der Waals surface area contributed by atoms with E-state index >= 15 is 0 Å².